The standard InChI is InChI=1S/C20H23F2NO3S/c1-2-10-27(25,26)23-19-4-3-9-20(19,24)16-7-5-14(6-8-16)15-11-17(21)13-18(22)12-15/h5-8,11-13,19,23-24H,2-4,9-10H2,1H3. The Bertz CT molecular complexity index is 895. The molecule has 0 bridgehead atoms. The van der Waals surface area contributed by atoms with E-state index in [1.807, 2.05) is 0 Å². The first-order chi connectivity index (χ1) is 12.7. The van der Waals surface area contributed by atoms with Gasteiger partial charge in [0.1, 0.15) is 17.2 Å². The molecular weight excluding hydrogens is 372 g/mol. The van der Waals surface area contributed by atoms with Gasteiger partial charge in [0.05, 0.1) is 11.8 Å². The summed E-state index contributed by atoms with van der Waals surface area (Å²) < 4.78 is 53.7. The largest absolute Gasteiger partial charge is 0.383 e. The predicted molar refractivity (Wildman–Crippen MR) is 101 cm³/mol. The minimum absolute atomic E-state index is 0.0175. The normalized spacial score (nSPS) is 22.9. The molecule has 0 aliphatic heterocycles. The molecule has 0 saturated heterocycles. The van der Waals surface area contributed by atoms with Gasteiger partial charge in [0.25, 0.3) is 0 Å². The fourth-order valence-electron chi connectivity index (χ4n) is 3.71. The van der Waals surface area contributed by atoms with E-state index in [-0.39, 0.29) is 5.75 Å². The molecule has 2 unspecified atom stereocenters. The second-order valence-corrected chi connectivity index (χ2v) is 8.91. The fourth-order valence-corrected chi connectivity index (χ4v) is 5.11. The molecule has 2 N–H and O–H groups in total. The number of rotatable bonds is 6. The van der Waals surface area contributed by atoms with Crippen molar-refractivity contribution in [3.63, 3.8) is 0 Å². The molecule has 1 saturated carbocycles. The molecule has 3 rings (SSSR count). The van der Waals surface area contributed by atoms with Crippen LogP contribution in [-0.2, 0) is 15.6 Å². The summed E-state index contributed by atoms with van der Waals surface area (Å²) in [5.74, 6) is -1.30. The van der Waals surface area contributed by atoms with Crippen LogP contribution in [0.4, 0.5) is 8.78 Å². The third kappa shape index (κ3) is 4.36. The number of aliphatic hydroxyl groups is 1. The summed E-state index contributed by atoms with van der Waals surface area (Å²) in [7, 11) is -3.45. The Morgan fingerprint density at radius 3 is 2.33 bits per heavy atom. The lowest BCUT2D eigenvalue weighted by Crippen LogP contribution is -2.47. The van der Waals surface area contributed by atoms with Crippen LogP contribution in [0.2, 0.25) is 0 Å². The van der Waals surface area contributed by atoms with Crippen LogP contribution in [0.5, 0.6) is 0 Å². The molecule has 146 valence electrons. The Hall–Kier alpha value is -1.83. The summed E-state index contributed by atoms with van der Waals surface area (Å²) in [4.78, 5) is 0. The molecule has 0 spiro atoms. The molecule has 0 heterocycles. The molecule has 7 heteroatoms. The molecule has 1 aliphatic rings. The quantitative estimate of drug-likeness (QED) is 0.784. The van der Waals surface area contributed by atoms with E-state index in [0.717, 1.165) is 6.07 Å². The van der Waals surface area contributed by atoms with Gasteiger partial charge in [-0.2, -0.15) is 0 Å². The topological polar surface area (TPSA) is 66.4 Å². The number of benzene rings is 2. The Labute approximate surface area is 158 Å². The molecule has 0 radical (unpaired) electrons. The van der Waals surface area contributed by atoms with Gasteiger partial charge in [-0.3, -0.25) is 0 Å². The summed E-state index contributed by atoms with van der Waals surface area (Å²) in [6.45, 7) is 1.79. The van der Waals surface area contributed by atoms with Gasteiger partial charge in [0.2, 0.25) is 10.0 Å². The van der Waals surface area contributed by atoms with Crippen LogP contribution in [0.25, 0.3) is 11.1 Å². The Morgan fingerprint density at radius 1 is 1.11 bits per heavy atom. The SMILES string of the molecule is CCCS(=O)(=O)NC1CCCC1(O)c1ccc(-c2cc(F)cc(F)c2)cc1. The molecule has 4 nitrogen and oxygen atoms in total. The van der Waals surface area contributed by atoms with Gasteiger partial charge in [-0.15, -0.1) is 0 Å². The van der Waals surface area contributed by atoms with E-state index in [9.17, 15) is 22.3 Å². The summed E-state index contributed by atoms with van der Waals surface area (Å²) >= 11 is 0. The average molecular weight is 395 g/mol. The third-order valence-electron chi connectivity index (χ3n) is 5.00. The van der Waals surface area contributed by atoms with E-state index in [2.05, 4.69) is 4.72 Å². The van der Waals surface area contributed by atoms with Crippen molar-refractivity contribution in [3.8, 4) is 11.1 Å². The van der Waals surface area contributed by atoms with Crippen molar-refractivity contribution in [1.29, 1.82) is 0 Å². The van der Waals surface area contributed by atoms with Crippen LogP contribution in [0.15, 0.2) is 42.5 Å². The van der Waals surface area contributed by atoms with Crippen LogP contribution in [0, 0.1) is 11.6 Å². The van der Waals surface area contributed by atoms with Crippen molar-refractivity contribution in [3.05, 3.63) is 59.7 Å². The smallest absolute Gasteiger partial charge is 0.211 e. The van der Waals surface area contributed by atoms with Crippen LogP contribution < -0.4 is 4.72 Å². The molecule has 2 aromatic carbocycles. The van der Waals surface area contributed by atoms with Crippen molar-refractivity contribution < 1.29 is 22.3 Å². The molecular formula is C20H23F2NO3S. The molecule has 0 aromatic heterocycles. The van der Waals surface area contributed by atoms with Gasteiger partial charge in [-0.25, -0.2) is 21.9 Å². The van der Waals surface area contributed by atoms with E-state index < -0.39 is 33.3 Å². The molecule has 1 fully saturated rings. The minimum Gasteiger partial charge on any atom is -0.383 e. The van der Waals surface area contributed by atoms with Crippen molar-refractivity contribution in [2.75, 3.05) is 5.75 Å². The van der Waals surface area contributed by atoms with Crippen molar-refractivity contribution in [2.45, 2.75) is 44.2 Å². The number of sulfonamides is 1. The van der Waals surface area contributed by atoms with Crippen LogP contribution in [-0.4, -0.2) is 25.3 Å². The van der Waals surface area contributed by atoms with Gasteiger partial charge in [0.15, 0.2) is 0 Å². The van der Waals surface area contributed by atoms with Gasteiger partial charge in [-0.05, 0) is 54.5 Å². The zero-order valence-electron chi connectivity index (χ0n) is 15.1. The first kappa shape index (κ1) is 19.9. The fraction of sp³-hybridized carbons (Fsp3) is 0.400. The lowest BCUT2D eigenvalue weighted by molar-refractivity contribution is 0.0231. The van der Waals surface area contributed by atoms with Gasteiger partial charge < -0.3 is 5.11 Å². The van der Waals surface area contributed by atoms with Crippen LogP contribution >= 0.6 is 0 Å². The maximum atomic E-state index is 13.4. The second kappa shape index (κ2) is 7.66. The number of hydrogen-bond acceptors (Lipinski definition) is 3. The van der Waals surface area contributed by atoms with E-state index in [1.165, 1.54) is 12.1 Å². The van der Waals surface area contributed by atoms with E-state index >= 15 is 0 Å². The van der Waals surface area contributed by atoms with Gasteiger partial charge in [-0.1, -0.05) is 31.2 Å². The predicted octanol–water partition coefficient (Wildman–Crippen LogP) is 3.70. The Kier molecular flexibility index (Phi) is 5.65. The lowest BCUT2D eigenvalue weighted by atomic mass is 9.88. The van der Waals surface area contributed by atoms with E-state index in [0.29, 0.717) is 42.4 Å². The summed E-state index contributed by atoms with van der Waals surface area (Å²) in [6.07, 6.45) is 2.20. The molecule has 0 amide bonds. The minimum atomic E-state index is -3.45. The summed E-state index contributed by atoms with van der Waals surface area (Å²) in [6, 6.07) is 9.43. The Balaban J connectivity index is 1.86. The number of halogens is 2. The highest BCUT2D eigenvalue weighted by atomic mass is 32.2. The number of nitrogens with one attached hydrogen (secondary N) is 1. The van der Waals surface area contributed by atoms with Crippen molar-refractivity contribution >= 4 is 10.0 Å². The maximum Gasteiger partial charge on any atom is 0.211 e. The van der Waals surface area contributed by atoms with Crippen molar-refractivity contribution in [2.24, 2.45) is 0 Å². The molecule has 27 heavy (non-hydrogen) atoms. The average Bonchev–Trinajstić information content (AvgIpc) is 2.95. The maximum absolute atomic E-state index is 13.4. The lowest BCUT2D eigenvalue weighted by Gasteiger charge is -2.31. The number of hydrogen-bond donors (Lipinski definition) is 2. The second-order valence-electron chi connectivity index (χ2n) is 7.04. The zero-order chi connectivity index (χ0) is 19.7. The highest BCUT2D eigenvalue weighted by Crippen LogP contribution is 2.40. The highest BCUT2D eigenvalue weighted by molar-refractivity contribution is 7.89. The zero-order valence-corrected chi connectivity index (χ0v) is 15.9. The van der Waals surface area contributed by atoms with E-state index in [4.69, 9.17) is 0 Å². The molecule has 1 aliphatic carbocycles. The Morgan fingerprint density at radius 2 is 1.74 bits per heavy atom. The van der Waals surface area contributed by atoms with Gasteiger partial charge in [0, 0.05) is 6.07 Å². The first-order valence-corrected chi connectivity index (χ1v) is 10.7. The first-order valence-electron chi connectivity index (χ1n) is 9.03. The third-order valence-corrected chi connectivity index (χ3v) is 6.59. The molecule has 2 aromatic rings. The van der Waals surface area contributed by atoms with Gasteiger partial charge >= 0.3 is 0 Å². The van der Waals surface area contributed by atoms with Crippen molar-refractivity contribution in [1.82, 2.24) is 4.72 Å². The van der Waals surface area contributed by atoms with E-state index in [1.54, 1.807) is 31.2 Å². The van der Waals surface area contributed by atoms with Crippen LogP contribution in [0.3, 0.4) is 0 Å². The highest BCUT2D eigenvalue weighted by Gasteiger charge is 2.44. The summed E-state index contributed by atoms with van der Waals surface area (Å²) in [5.41, 5.74) is 0.302. The monoisotopic (exact) mass is 395 g/mol. The van der Waals surface area contributed by atoms with Crippen LogP contribution in [0.1, 0.15) is 38.2 Å². The summed E-state index contributed by atoms with van der Waals surface area (Å²) in [5, 5.41) is 11.2. The molecule has 2 atom stereocenters.